The lowest BCUT2D eigenvalue weighted by molar-refractivity contribution is 0.669. The van der Waals surface area contributed by atoms with Gasteiger partial charge in [-0.05, 0) is 71.8 Å². The van der Waals surface area contributed by atoms with Gasteiger partial charge in [0, 0.05) is 64.1 Å². The average molecular weight is 747 g/mol. The van der Waals surface area contributed by atoms with Crippen molar-refractivity contribution < 1.29 is 4.42 Å². The minimum atomic E-state index is 0.618. The summed E-state index contributed by atoms with van der Waals surface area (Å²) in [6, 6.07) is 63.8. The topological polar surface area (TPSA) is 56.7 Å². The maximum absolute atomic E-state index is 6.15. The summed E-state index contributed by atoms with van der Waals surface area (Å²) in [6.45, 7) is 0. The fourth-order valence-corrected chi connectivity index (χ4v) is 9.77. The molecule has 266 valence electrons. The lowest BCUT2D eigenvalue weighted by Gasteiger charge is -2.09. The molecule has 12 rings (SSSR count). The lowest BCUT2D eigenvalue weighted by atomic mass is 10.00. The van der Waals surface area contributed by atoms with Gasteiger partial charge in [0.05, 0.1) is 11.0 Å². The SMILES string of the molecule is c1ccc(-c2nc(-c3ccc4oc5ccccc5c4c3)nc(-c3cccc4c3sc3c(-c5ccc6c(c5)c5ccccc5n6-c5ccccc5)cccc34)n2)cc1. The number of rotatable bonds is 5. The van der Waals surface area contributed by atoms with Gasteiger partial charge in [0.25, 0.3) is 0 Å². The zero-order valence-corrected chi connectivity index (χ0v) is 31.2. The van der Waals surface area contributed by atoms with Crippen molar-refractivity contribution in [3.63, 3.8) is 0 Å². The highest BCUT2D eigenvalue weighted by molar-refractivity contribution is 7.26. The van der Waals surface area contributed by atoms with Crippen LogP contribution >= 0.6 is 11.3 Å². The second kappa shape index (κ2) is 12.6. The maximum Gasteiger partial charge on any atom is 0.165 e. The molecule has 0 spiro atoms. The van der Waals surface area contributed by atoms with Gasteiger partial charge in [0.15, 0.2) is 17.5 Å². The van der Waals surface area contributed by atoms with E-state index >= 15 is 0 Å². The number of para-hydroxylation sites is 3. The maximum atomic E-state index is 6.15. The van der Waals surface area contributed by atoms with Crippen LogP contribution in [0.4, 0.5) is 0 Å². The molecule has 0 fully saturated rings. The summed E-state index contributed by atoms with van der Waals surface area (Å²) in [5.74, 6) is 1.90. The summed E-state index contributed by atoms with van der Waals surface area (Å²) in [6.07, 6.45) is 0. The van der Waals surface area contributed by atoms with Crippen LogP contribution < -0.4 is 0 Å². The Balaban J connectivity index is 1.04. The van der Waals surface area contributed by atoms with Gasteiger partial charge in [-0.25, -0.2) is 15.0 Å². The Morgan fingerprint density at radius 3 is 1.77 bits per heavy atom. The van der Waals surface area contributed by atoms with Crippen LogP contribution in [-0.2, 0) is 0 Å². The molecule has 6 heteroatoms. The van der Waals surface area contributed by atoms with Crippen LogP contribution in [-0.4, -0.2) is 19.5 Å². The Labute approximate surface area is 330 Å². The largest absolute Gasteiger partial charge is 0.456 e. The van der Waals surface area contributed by atoms with E-state index in [4.69, 9.17) is 19.4 Å². The molecule has 4 heterocycles. The molecule has 57 heavy (non-hydrogen) atoms. The first-order valence-corrected chi connectivity index (χ1v) is 19.8. The zero-order chi connectivity index (χ0) is 37.5. The van der Waals surface area contributed by atoms with E-state index in [0.29, 0.717) is 17.5 Å². The van der Waals surface area contributed by atoms with Crippen LogP contribution in [0.15, 0.2) is 186 Å². The zero-order valence-electron chi connectivity index (χ0n) is 30.4. The predicted molar refractivity (Wildman–Crippen MR) is 236 cm³/mol. The molecule has 0 radical (unpaired) electrons. The highest BCUT2D eigenvalue weighted by Crippen LogP contribution is 2.45. The average Bonchev–Trinajstić information content (AvgIpc) is 3.96. The smallest absolute Gasteiger partial charge is 0.165 e. The van der Waals surface area contributed by atoms with Crippen molar-refractivity contribution in [2.75, 3.05) is 0 Å². The summed E-state index contributed by atoms with van der Waals surface area (Å²) >= 11 is 1.81. The monoisotopic (exact) mass is 746 g/mol. The molecular formula is C51H30N4OS. The number of fused-ring (bicyclic) bond motifs is 9. The number of nitrogens with zero attached hydrogens (tertiary/aromatic N) is 4. The molecule has 5 nitrogen and oxygen atoms in total. The second-order valence-corrected chi connectivity index (χ2v) is 15.4. The van der Waals surface area contributed by atoms with Gasteiger partial charge in [0.1, 0.15) is 11.2 Å². The van der Waals surface area contributed by atoms with Crippen molar-refractivity contribution in [1.82, 2.24) is 19.5 Å². The summed E-state index contributed by atoms with van der Waals surface area (Å²) in [5, 5.41) is 6.98. The Kier molecular flexibility index (Phi) is 7.03. The molecule has 0 aliphatic rings. The Morgan fingerprint density at radius 1 is 0.368 bits per heavy atom. The van der Waals surface area contributed by atoms with Crippen molar-refractivity contribution in [3.8, 4) is 51.0 Å². The molecule has 0 N–H and O–H groups in total. The van der Waals surface area contributed by atoms with Crippen molar-refractivity contribution in [1.29, 1.82) is 0 Å². The molecule has 0 atom stereocenters. The molecule has 0 bridgehead atoms. The number of hydrogen-bond acceptors (Lipinski definition) is 5. The normalized spacial score (nSPS) is 11.9. The fraction of sp³-hybridized carbons (Fsp3) is 0. The highest BCUT2D eigenvalue weighted by atomic mass is 32.1. The van der Waals surface area contributed by atoms with Gasteiger partial charge in [-0.1, -0.05) is 121 Å². The number of hydrogen-bond donors (Lipinski definition) is 0. The van der Waals surface area contributed by atoms with Gasteiger partial charge in [-0.3, -0.25) is 0 Å². The van der Waals surface area contributed by atoms with Gasteiger partial charge in [-0.2, -0.15) is 0 Å². The molecule has 0 aliphatic heterocycles. The third-order valence-electron chi connectivity index (χ3n) is 11.1. The van der Waals surface area contributed by atoms with Crippen LogP contribution in [0.3, 0.4) is 0 Å². The Morgan fingerprint density at radius 2 is 0.947 bits per heavy atom. The van der Waals surface area contributed by atoms with Gasteiger partial charge < -0.3 is 8.98 Å². The van der Waals surface area contributed by atoms with Crippen molar-refractivity contribution in [2.45, 2.75) is 0 Å². The second-order valence-electron chi connectivity index (χ2n) is 14.4. The van der Waals surface area contributed by atoms with Crippen LogP contribution in [0.2, 0.25) is 0 Å². The summed E-state index contributed by atoms with van der Waals surface area (Å²) in [4.78, 5) is 15.4. The van der Waals surface area contributed by atoms with Gasteiger partial charge >= 0.3 is 0 Å². The molecule has 8 aromatic carbocycles. The van der Waals surface area contributed by atoms with Crippen LogP contribution in [0.1, 0.15) is 0 Å². The minimum Gasteiger partial charge on any atom is -0.456 e. The van der Waals surface area contributed by atoms with Crippen LogP contribution in [0.25, 0.3) is 115 Å². The number of thiophene rings is 1. The minimum absolute atomic E-state index is 0.618. The molecule has 12 aromatic rings. The first kappa shape index (κ1) is 31.9. The van der Waals surface area contributed by atoms with Crippen molar-refractivity contribution in [3.05, 3.63) is 182 Å². The van der Waals surface area contributed by atoms with E-state index in [1.807, 2.05) is 48.5 Å². The third kappa shape index (κ3) is 5.04. The Hall–Kier alpha value is -7.41. The van der Waals surface area contributed by atoms with E-state index in [1.54, 1.807) is 11.3 Å². The summed E-state index contributed by atoms with van der Waals surface area (Å²) in [5.41, 5.74) is 10.5. The van der Waals surface area contributed by atoms with E-state index in [-0.39, 0.29) is 0 Å². The molecular weight excluding hydrogens is 717 g/mol. The third-order valence-corrected chi connectivity index (χ3v) is 12.4. The quantitative estimate of drug-likeness (QED) is 0.176. The highest BCUT2D eigenvalue weighted by Gasteiger charge is 2.20. The van der Waals surface area contributed by atoms with Crippen LogP contribution in [0.5, 0.6) is 0 Å². The van der Waals surface area contributed by atoms with E-state index in [9.17, 15) is 0 Å². The molecule has 0 aliphatic carbocycles. The number of aromatic nitrogens is 4. The molecule has 0 unspecified atom stereocenters. The molecule has 4 aromatic heterocycles. The van der Waals surface area contributed by atoms with E-state index in [0.717, 1.165) is 49.0 Å². The standard InChI is InChI=1S/C51H30N4OS/c1-3-13-31(14-4-1)49-52-50(33-26-28-46-42(30-33)37-18-8-10-24-45(37)56-46)54-51(53-49)40-22-12-21-39-38-20-11-19-35(47(38)57-48(39)40)32-25-27-44-41(29-32)36-17-7-9-23-43(36)55(44)34-15-5-2-6-16-34/h1-30H. The van der Waals surface area contributed by atoms with Gasteiger partial charge in [0.2, 0.25) is 0 Å². The van der Waals surface area contributed by atoms with Gasteiger partial charge in [-0.15, -0.1) is 11.3 Å². The first-order chi connectivity index (χ1) is 28.2. The van der Waals surface area contributed by atoms with E-state index < -0.39 is 0 Å². The first-order valence-electron chi connectivity index (χ1n) is 19.0. The Bertz CT molecular complexity index is 3530. The fourth-order valence-electron chi connectivity index (χ4n) is 8.43. The van der Waals surface area contributed by atoms with Crippen LogP contribution in [0, 0.1) is 0 Å². The van der Waals surface area contributed by atoms with Crippen molar-refractivity contribution in [2.24, 2.45) is 0 Å². The van der Waals surface area contributed by atoms with E-state index in [1.165, 1.54) is 48.4 Å². The lowest BCUT2D eigenvalue weighted by Crippen LogP contribution is -2.00. The molecule has 0 amide bonds. The van der Waals surface area contributed by atoms with E-state index in [2.05, 4.69) is 138 Å². The molecule has 0 saturated carbocycles. The summed E-state index contributed by atoms with van der Waals surface area (Å²) < 4.78 is 10.9. The number of benzene rings is 8. The predicted octanol–water partition coefficient (Wildman–Crippen LogP) is 13.9. The number of furan rings is 1. The van der Waals surface area contributed by atoms with Crippen molar-refractivity contribution >= 4 is 75.3 Å². The molecule has 0 saturated heterocycles. The summed E-state index contributed by atoms with van der Waals surface area (Å²) in [7, 11) is 0.